The molecule has 2 heterocycles. The summed E-state index contributed by atoms with van der Waals surface area (Å²) >= 11 is 6.48. The number of H-pyrrole nitrogens is 1. The SMILES string of the molecule is CC(CNc1n[nH]c(=S)s1)N1CCCCC1. The van der Waals surface area contributed by atoms with E-state index in [1.807, 2.05) is 0 Å². The first-order chi connectivity index (χ1) is 7.75. The Kier molecular flexibility index (Phi) is 4.31. The van der Waals surface area contributed by atoms with Gasteiger partial charge in [0.2, 0.25) is 5.13 Å². The fourth-order valence-corrected chi connectivity index (χ4v) is 2.82. The number of aromatic amines is 1. The van der Waals surface area contributed by atoms with Crippen molar-refractivity contribution in [2.45, 2.75) is 32.2 Å². The largest absolute Gasteiger partial charge is 0.359 e. The molecular formula is C10H18N4S2. The molecule has 2 rings (SSSR count). The molecule has 16 heavy (non-hydrogen) atoms. The molecule has 0 radical (unpaired) electrons. The number of hydrogen-bond donors (Lipinski definition) is 2. The number of aromatic nitrogens is 2. The van der Waals surface area contributed by atoms with Crippen LogP contribution in [0.3, 0.4) is 0 Å². The second-order valence-corrected chi connectivity index (χ2v) is 5.91. The first-order valence-electron chi connectivity index (χ1n) is 5.79. The lowest BCUT2D eigenvalue weighted by Gasteiger charge is -2.32. The second-order valence-electron chi connectivity index (χ2n) is 4.24. The van der Waals surface area contributed by atoms with E-state index >= 15 is 0 Å². The Morgan fingerprint density at radius 1 is 1.50 bits per heavy atom. The maximum absolute atomic E-state index is 4.99. The number of nitrogens with zero attached hydrogens (tertiary/aromatic N) is 2. The fraction of sp³-hybridized carbons (Fsp3) is 0.800. The lowest BCUT2D eigenvalue weighted by atomic mass is 10.1. The zero-order valence-corrected chi connectivity index (χ0v) is 11.2. The molecule has 1 aromatic heterocycles. The van der Waals surface area contributed by atoms with Crippen LogP contribution >= 0.6 is 23.6 Å². The summed E-state index contributed by atoms with van der Waals surface area (Å²) in [5, 5.41) is 11.1. The highest BCUT2D eigenvalue weighted by Crippen LogP contribution is 2.14. The van der Waals surface area contributed by atoms with Gasteiger partial charge in [-0.1, -0.05) is 17.8 Å². The number of nitrogens with one attached hydrogen (secondary N) is 2. The minimum Gasteiger partial charge on any atom is -0.359 e. The highest BCUT2D eigenvalue weighted by atomic mass is 32.1. The third kappa shape index (κ3) is 3.26. The summed E-state index contributed by atoms with van der Waals surface area (Å²) in [6.45, 7) is 5.68. The van der Waals surface area contributed by atoms with E-state index in [1.165, 1.54) is 43.7 Å². The van der Waals surface area contributed by atoms with Gasteiger partial charge >= 0.3 is 0 Å². The van der Waals surface area contributed by atoms with E-state index in [1.54, 1.807) is 0 Å². The molecule has 0 bridgehead atoms. The number of likely N-dealkylation sites (tertiary alicyclic amines) is 1. The smallest absolute Gasteiger partial charge is 0.204 e. The molecule has 0 amide bonds. The highest BCUT2D eigenvalue weighted by molar-refractivity contribution is 7.73. The lowest BCUT2D eigenvalue weighted by Crippen LogP contribution is -2.41. The van der Waals surface area contributed by atoms with Crippen LogP contribution in [0.15, 0.2) is 0 Å². The molecule has 0 spiro atoms. The molecule has 1 aromatic rings. The molecule has 0 saturated carbocycles. The summed E-state index contributed by atoms with van der Waals surface area (Å²) in [6, 6.07) is 0.567. The van der Waals surface area contributed by atoms with Gasteiger partial charge in [-0.3, -0.25) is 10.00 Å². The van der Waals surface area contributed by atoms with Crippen molar-refractivity contribution in [1.82, 2.24) is 15.1 Å². The van der Waals surface area contributed by atoms with E-state index in [2.05, 4.69) is 27.3 Å². The molecule has 1 saturated heterocycles. The molecule has 1 aliphatic heterocycles. The summed E-state index contributed by atoms with van der Waals surface area (Å²) in [4.78, 5) is 2.54. The maximum atomic E-state index is 4.99. The Labute approximate surface area is 105 Å². The monoisotopic (exact) mass is 258 g/mol. The van der Waals surface area contributed by atoms with Gasteiger partial charge in [-0.2, -0.15) is 0 Å². The Hall–Kier alpha value is -0.460. The van der Waals surface area contributed by atoms with Gasteiger partial charge in [0.1, 0.15) is 0 Å². The Morgan fingerprint density at radius 3 is 2.88 bits per heavy atom. The van der Waals surface area contributed by atoms with Crippen LogP contribution in [-0.4, -0.2) is 40.8 Å². The van der Waals surface area contributed by atoms with Crippen molar-refractivity contribution in [3.05, 3.63) is 3.95 Å². The van der Waals surface area contributed by atoms with Crippen LogP contribution in [0.5, 0.6) is 0 Å². The van der Waals surface area contributed by atoms with Gasteiger partial charge in [0.15, 0.2) is 3.95 Å². The van der Waals surface area contributed by atoms with Crippen LogP contribution < -0.4 is 5.32 Å². The van der Waals surface area contributed by atoms with Crippen LogP contribution in [0, 0.1) is 3.95 Å². The summed E-state index contributed by atoms with van der Waals surface area (Å²) in [6.07, 6.45) is 4.06. The topological polar surface area (TPSA) is 44.0 Å². The summed E-state index contributed by atoms with van der Waals surface area (Å²) in [5.74, 6) is 0. The Bertz CT molecular complexity index is 367. The molecular weight excluding hydrogens is 240 g/mol. The Balaban J connectivity index is 1.78. The maximum Gasteiger partial charge on any atom is 0.204 e. The van der Waals surface area contributed by atoms with Crippen LogP contribution in [0.4, 0.5) is 5.13 Å². The summed E-state index contributed by atoms with van der Waals surface area (Å²) in [5.41, 5.74) is 0. The van der Waals surface area contributed by atoms with Gasteiger partial charge in [0.25, 0.3) is 0 Å². The van der Waals surface area contributed by atoms with Crippen molar-refractivity contribution in [1.29, 1.82) is 0 Å². The fourth-order valence-electron chi connectivity index (χ4n) is 2.03. The summed E-state index contributed by atoms with van der Waals surface area (Å²) in [7, 11) is 0. The molecule has 4 nitrogen and oxygen atoms in total. The number of hydrogen-bond acceptors (Lipinski definition) is 5. The molecule has 1 fully saturated rings. The van der Waals surface area contributed by atoms with Crippen LogP contribution in [-0.2, 0) is 0 Å². The standard InChI is InChI=1S/C10H18N4S2/c1-8(14-5-3-2-4-6-14)7-11-9-12-13-10(15)16-9/h8H,2-7H2,1H3,(H,11,12)(H,13,15). The van der Waals surface area contributed by atoms with E-state index in [9.17, 15) is 0 Å². The molecule has 0 aromatic carbocycles. The van der Waals surface area contributed by atoms with Crippen molar-refractivity contribution >= 4 is 28.7 Å². The van der Waals surface area contributed by atoms with E-state index in [0.29, 0.717) is 6.04 Å². The third-order valence-corrected chi connectivity index (χ3v) is 4.05. The predicted octanol–water partition coefficient (Wildman–Crippen LogP) is 2.49. The number of piperidine rings is 1. The van der Waals surface area contributed by atoms with Crippen molar-refractivity contribution in [2.75, 3.05) is 25.0 Å². The number of anilines is 1. The van der Waals surface area contributed by atoms with E-state index in [0.717, 1.165) is 15.6 Å². The molecule has 1 aliphatic rings. The van der Waals surface area contributed by atoms with Gasteiger partial charge < -0.3 is 5.32 Å². The minimum absolute atomic E-state index is 0.567. The van der Waals surface area contributed by atoms with Crippen molar-refractivity contribution in [3.8, 4) is 0 Å². The zero-order chi connectivity index (χ0) is 11.4. The minimum atomic E-state index is 0.567. The summed E-state index contributed by atoms with van der Waals surface area (Å²) < 4.78 is 0.730. The number of rotatable bonds is 4. The van der Waals surface area contributed by atoms with Gasteiger partial charge in [-0.15, -0.1) is 5.10 Å². The van der Waals surface area contributed by atoms with E-state index < -0.39 is 0 Å². The van der Waals surface area contributed by atoms with Crippen molar-refractivity contribution in [2.24, 2.45) is 0 Å². The zero-order valence-electron chi connectivity index (χ0n) is 9.53. The van der Waals surface area contributed by atoms with Gasteiger partial charge in [-0.25, -0.2) is 0 Å². The molecule has 90 valence electrons. The van der Waals surface area contributed by atoms with Crippen molar-refractivity contribution < 1.29 is 0 Å². The normalized spacial score (nSPS) is 19.6. The van der Waals surface area contributed by atoms with Crippen LogP contribution in [0.1, 0.15) is 26.2 Å². The predicted molar refractivity (Wildman–Crippen MR) is 70.7 cm³/mol. The van der Waals surface area contributed by atoms with Crippen LogP contribution in [0.25, 0.3) is 0 Å². The van der Waals surface area contributed by atoms with Crippen LogP contribution in [0.2, 0.25) is 0 Å². The van der Waals surface area contributed by atoms with Gasteiger partial charge in [0.05, 0.1) is 0 Å². The average Bonchev–Trinajstić information content (AvgIpc) is 2.73. The highest BCUT2D eigenvalue weighted by Gasteiger charge is 2.16. The molecule has 0 aliphatic carbocycles. The van der Waals surface area contributed by atoms with E-state index in [4.69, 9.17) is 12.2 Å². The first kappa shape index (κ1) is 12.0. The average molecular weight is 258 g/mol. The molecule has 1 unspecified atom stereocenters. The first-order valence-corrected chi connectivity index (χ1v) is 7.01. The second kappa shape index (κ2) is 5.75. The Morgan fingerprint density at radius 2 is 2.25 bits per heavy atom. The van der Waals surface area contributed by atoms with E-state index in [-0.39, 0.29) is 0 Å². The van der Waals surface area contributed by atoms with Gasteiger partial charge in [0, 0.05) is 12.6 Å². The third-order valence-electron chi connectivity index (χ3n) is 3.00. The molecule has 1 atom stereocenters. The van der Waals surface area contributed by atoms with Gasteiger partial charge in [-0.05, 0) is 45.1 Å². The molecule has 2 N–H and O–H groups in total. The quantitative estimate of drug-likeness (QED) is 0.814. The lowest BCUT2D eigenvalue weighted by molar-refractivity contribution is 0.180. The molecule has 6 heteroatoms. The van der Waals surface area contributed by atoms with Crippen molar-refractivity contribution in [3.63, 3.8) is 0 Å².